The van der Waals surface area contributed by atoms with Crippen LogP contribution in [0.3, 0.4) is 0 Å². The Morgan fingerprint density at radius 3 is 2.42 bits per heavy atom. The summed E-state index contributed by atoms with van der Waals surface area (Å²) in [4.78, 5) is 0. The third kappa shape index (κ3) is 2.46. The smallest absolute Gasteiger partial charge is 0.0769 e. The van der Waals surface area contributed by atoms with E-state index < -0.39 is 5.60 Å². The molecule has 2 nitrogen and oxygen atoms in total. The van der Waals surface area contributed by atoms with Gasteiger partial charge in [0.15, 0.2) is 0 Å². The number of aliphatic hydroxyl groups is 1. The van der Waals surface area contributed by atoms with E-state index in [2.05, 4.69) is 13.8 Å². The van der Waals surface area contributed by atoms with E-state index in [0.717, 1.165) is 25.7 Å². The molecule has 72 valence electrons. The number of hydrogen-bond donors (Lipinski definition) is 2. The quantitative estimate of drug-likeness (QED) is 0.589. The van der Waals surface area contributed by atoms with Crippen molar-refractivity contribution >= 4 is 0 Å². The summed E-state index contributed by atoms with van der Waals surface area (Å²) in [7, 11) is 0. The van der Waals surface area contributed by atoms with Crippen LogP contribution in [0, 0.1) is 5.41 Å². The minimum absolute atomic E-state index is 0.402. The molecule has 1 aliphatic rings. The summed E-state index contributed by atoms with van der Waals surface area (Å²) in [5, 5.41) is 9.97. The highest BCUT2D eigenvalue weighted by Crippen LogP contribution is 2.37. The monoisotopic (exact) mass is 171 g/mol. The molecule has 0 aromatic rings. The Balaban J connectivity index is 2.56. The lowest BCUT2D eigenvalue weighted by molar-refractivity contribution is 0.0311. The fourth-order valence-electron chi connectivity index (χ4n) is 1.92. The zero-order chi connectivity index (χ0) is 9.24. The first-order chi connectivity index (χ1) is 5.47. The highest BCUT2D eigenvalue weighted by molar-refractivity contribution is 4.86. The Morgan fingerprint density at radius 2 is 1.83 bits per heavy atom. The fourth-order valence-corrected chi connectivity index (χ4v) is 1.92. The minimum Gasteiger partial charge on any atom is -0.389 e. The summed E-state index contributed by atoms with van der Waals surface area (Å²) in [6.45, 7) is 4.97. The van der Waals surface area contributed by atoms with Crippen LogP contribution in [-0.2, 0) is 0 Å². The summed E-state index contributed by atoms with van der Waals surface area (Å²) in [5.41, 5.74) is 5.39. The lowest BCUT2D eigenvalue weighted by Crippen LogP contribution is -2.37. The molecule has 0 aromatic carbocycles. The van der Waals surface area contributed by atoms with Crippen molar-refractivity contribution in [2.24, 2.45) is 11.1 Å². The van der Waals surface area contributed by atoms with Crippen LogP contribution in [0.5, 0.6) is 0 Å². The van der Waals surface area contributed by atoms with Gasteiger partial charge >= 0.3 is 0 Å². The lowest BCUT2D eigenvalue weighted by Gasteiger charge is -2.26. The standard InChI is InChI=1S/C10H21NO/c1-9(2)4-3-5-10(12,8-11)7-6-9/h12H,3-8,11H2,1-2H3. The first kappa shape index (κ1) is 10.0. The molecule has 12 heavy (non-hydrogen) atoms. The second-order valence-corrected chi connectivity index (χ2v) is 4.95. The molecule has 0 spiro atoms. The van der Waals surface area contributed by atoms with Crippen LogP contribution in [0.15, 0.2) is 0 Å². The largest absolute Gasteiger partial charge is 0.389 e. The van der Waals surface area contributed by atoms with Gasteiger partial charge in [-0.15, -0.1) is 0 Å². The van der Waals surface area contributed by atoms with Gasteiger partial charge in [0, 0.05) is 6.54 Å². The SMILES string of the molecule is CC1(C)CCCC(O)(CN)CC1. The maximum absolute atomic E-state index is 9.97. The molecule has 1 rings (SSSR count). The zero-order valence-electron chi connectivity index (χ0n) is 8.27. The zero-order valence-corrected chi connectivity index (χ0v) is 8.27. The van der Waals surface area contributed by atoms with Crippen molar-refractivity contribution in [1.29, 1.82) is 0 Å². The molecule has 1 unspecified atom stereocenters. The topological polar surface area (TPSA) is 46.2 Å². The Morgan fingerprint density at radius 1 is 1.17 bits per heavy atom. The van der Waals surface area contributed by atoms with Gasteiger partial charge in [-0.3, -0.25) is 0 Å². The van der Waals surface area contributed by atoms with Crippen LogP contribution in [0.2, 0.25) is 0 Å². The summed E-state index contributed by atoms with van der Waals surface area (Å²) in [6.07, 6.45) is 5.18. The number of nitrogens with two attached hydrogens (primary N) is 1. The molecule has 0 aromatic heterocycles. The predicted molar refractivity (Wildman–Crippen MR) is 50.9 cm³/mol. The van der Waals surface area contributed by atoms with Gasteiger partial charge in [0.25, 0.3) is 0 Å². The van der Waals surface area contributed by atoms with E-state index in [9.17, 15) is 5.11 Å². The van der Waals surface area contributed by atoms with E-state index in [1.54, 1.807) is 0 Å². The van der Waals surface area contributed by atoms with Crippen molar-refractivity contribution < 1.29 is 5.11 Å². The Bertz CT molecular complexity index is 156. The van der Waals surface area contributed by atoms with Gasteiger partial charge in [-0.25, -0.2) is 0 Å². The third-order valence-corrected chi connectivity index (χ3v) is 3.14. The highest BCUT2D eigenvalue weighted by Gasteiger charge is 2.32. The minimum atomic E-state index is -0.562. The van der Waals surface area contributed by atoms with E-state index in [1.165, 1.54) is 6.42 Å². The van der Waals surface area contributed by atoms with Crippen LogP contribution >= 0.6 is 0 Å². The summed E-state index contributed by atoms with van der Waals surface area (Å²) in [6, 6.07) is 0. The number of rotatable bonds is 1. The van der Waals surface area contributed by atoms with Gasteiger partial charge in [-0.05, 0) is 31.1 Å². The van der Waals surface area contributed by atoms with Crippen molar-refractivity contribution in [2.45, 2.75) is 51.6 Å². The molecule has 1 fully saturated rings. The lowest BCUT2D eigenvalue weighted by atomic mass is 9.84. The Hall–Kier alpha value is -0.0800. The molecule has 0 bridgehead atoms. The molecule has 3 N–H and O–H groups in total. The van der Waals surface area contributed by atoms with Gasteiger partial charge < -0.3 is 10.8 Å². The molecule has 1 atom stereocenters. The maximum Gasteiger partial charge on any atom is 0.0769 e. The van der Waals surface area contributed by atoms with Crippen molar-refractivity contribution in [3.63, 3.8) is 0 Å². The van der Waals surface area contributed by atoms with Gasteiger partial charge in [0.1, 0.15) is 0 Å². The molecule has 0 amide bonds. The normalized spacial score (nSPS) is 36.0. The summed E-state index contributed by atoms with van der Waals surface area (Å²) >= 11 is 0. The first-order valence-electron chi connectivity index (χ1n) is 4.90. The fraction of sp³-hybridized carbons (Fsp3) is 1.00. The molecule has 0 radical (unpaired) electrons. The van der Waals surface area contributed by atoms with E-state index >= 15 is 0 Å². The van der Waals surface area contributed by atoms with Crippen molar-refractivity contribution in [1.82, 2.24) is 0 Å². The van der Waals surface area contributed by atoms with Crippen LogP contribution in [0.25, 0.3) is 0 Å². The van der Waals surface area contributed by atoms with Crippen LogP contribution in [-0.4, -0.2) is 17.3 Å². The summed E-state index contributed by atoms with van der Waals surface area (Å²) in [5.74, 6) is 0. The molecule has 1 aliphatic carbocycles. The average molecular weight is 171 g/mol. The number of hydrogen-bond acceptors (Lipinski definition) is 2. The van der Waals surface area contributed by atoms with Gasteiger partial charge in [0.05, 0.1) is 5.60 Å². The second kappa shape index (κ2) is 3.35. The van der Waals surface area contributed by atoms with Crippen molar-refractivity contribution in [2.75, 3.05) is 6.54 Å². The summed E-state index contributed by atoms with van der Waals surface area (Å²) < 4.78 is 0. The molecular weight excluding hydrogens is 150 g/mol. The molecule has 2 heteroatoms. The van der Waals surface area contributed by atoms with Gasteiger partial charge in [-0.2, -0.15) is 0 Å². The average Bonchev–Trinajstić information content (AvgIpc) is 2.13. The van der Waals surface area contributed by atoms with E-state index in [1.807, 2.05) is 0 Å². The second-order valence-electron chi connectivity index (χ2n) is 4.95. The predicted octanol–water partition coefficient (Wildman–Crippen LogP) is 1.67. The van der Waals surface area contributed by atoms with Crippen molar-refractivity contribution in [3.8, 4) is 0 Å². The Labute approximate surface area is 75.2 Å². The van der Waals surface area contributed by atoms with E-state index in [-0.39, 0.29) is 0 Å². The maximum atomic E-state index is 9.97. The molecule has 1 saturated carbocycles. The van der Waals surface area contributed by atoms with Crippen LogP contribution < -0.4 is 5.73 Å². The van der Waals surface area contributed by atoms with Gasteiger partial charge in [-0.1, -0.05) is 20.3 Å². The van der Waals surface area contributed by atoms with E-state index in [0.29, 0.717) is 12.0 Å². The molecule has 0 heterocycles. The van der Waals surface area contributed by atoms with Crippen LogP contribution in [0.1, 0.15) is 46.0 Å². The first-order valence-corrected chi connectivity index (χ1v) is 4.90. The van der Waals surface area contributed by atoms with Crippen LogP contribution in [0.4, 0.5) is 0 Å². The molecule has 0 aliphatic heterocycles. The molecular formula is C10H21NO. The Kier molecular flexibility index (Phi) is 2.79. The molecule has 0 saturated heterocycles. The van der Waals surface area contributed by atoms with Crippen molar-refractivity contribution in [3.05, 3.63) is 0 Å². The van der Waals surface area contributed by atoms with Gasteiger partial charge in [0.2, 0.25) is 0 Å². The third-order valence-electron chi connectivity index (χ3n) is 3.14. The highest BCUT2D eigenvalue weighted by atomic mass is 16.3. The van der Waals surface area contributed by atoms with E-state index in [4.69, 9.17) is 5.73 Å².